The van der Waals surface area contributed by atoms with Gasteiger partial charge in [-0.2, -0.15) is 0 Å². The van der Waals surface area contributed by atoms with Crippen molar-refractivity contribution in [1.82, 2.24) is 9.88 Å². The number of nitrogens with zero attached hydrogens (tertiary/aromatic N) is 1. The minimum absolute atomic E-state index is 0.0344. The molecular formula is C18H18N2O2. The van der Waals surface area contributed by atoms with Crippen molar-refractivity contribution in [2.75, 3.05) is 20.2 Å². The molecule has 0 aliphatic rings. The highest BCUT2D eigenvalue weighted by Gasteiger charge is 2.14. The Morgan fingerprint density at radius 3 is 2.59 bits per heavy atom. The van der Waals surface area contributed by atoms with Gasteiger partial charge in [0.1, 0.15) is 18.1 Å². The third-order valence-electron chi connectivity index (χ3n) is 3.55. The van der Waals surface area contributed by atoms with Gasteiger partial charge in [0, 0.05) is 18.0 Å². The smallest absolute Gasteiger partial charge is 0.270 e. The second-order valence-electron chi connectivity index (χ2n) is 5.16. The van der Waals surface area contributed by atoms with E-state index in [1.807, 2.05) is 60.7 Å². The molecule has 0 saturated heterocycles. The minimum atomic E-state index is -0.0344. The van der Waals surface area contributed by atoms with Crippen molar-refractivity contribution in [1.29, 1.82) is 0 Å². The van der Waals surface area contributed by atoms with E-state index in [0.29, 0.717) is 18.8 Å². The van der Waals surface area contributed by atoms with Crippen LogP contribution in [0.3, 0.4) is 0 Å². The molecule has 22 heavy (non-hydrogen) atoms. The van der Waals surface area contributed by atoms with Gasteiger partial charge in [-0.15, -0.1) is 0 Å². The topological polar surface area (TPSA) is 45.3 Å². The largest absolute Gasteiger partial charge is 0.492 e. The molecule has 1 amide bonds. The van der Waals surface area contributed by atoms with Gasteiger partial charge in [0.25, 0.3) is 5.91 Å². The molecule has 0 spiro atoms. The molecule has 1 aromatic heterocycles. The van der Waals surface area contributed by atoms with Crippen LogP contribution in [0, 0.1) is 0 Å². The highest BCUT2D eigenvalue weighted by molar-refractivity contribution is 5.97. The number of hydrogen-bond donors (Lipinski definition) is 1. The number of H-pyrrole nitrogens is 1. The van der Waals surface area contributed by atoms with Gasteiger partial charge in [-0.1, -0.05) is 36.4 Å². The van der Waals surface area contributed by atoms with Gasteiger partial charge >= 0.3 is 0 Å². The SMILES string of the molecule is CN(CCOc1ccccc1)C(=O)c1cc2ccccc2[nH]1. The molecule has 3 aromatic rings. The Bertz CT molecular complexity index is 732. The van der Waals surface area contributed by atoms with Gasteiger partial charge in [-0.3, -0.25) is 4.79 Å². The zero-order valence-corrected chi connectivity index (χ0v) is 12.5. The molecule has 4 heteroatoms. The normalized spacial score (nSPS) is 10.6. The fraction of sp³-hybridized carbons (Fsp3) is 0.167. The lowest BCUT2D eigenvalue weighted by Crippen LogP contribution is -2.31. The van der Waals surface area contributed by atoms with E-state index >= 15 is 0 Å². The standard InChI is InChI=1S/C18H18N2O2/c1-20(11-12-22-15-8-3-2-4-9-15)18(21)17-13-14-7-5-6-10-16(14)19-17/h2-10,13,19H,11-12H2,1H3. The number of aromatic amines is 1. The van der Waals surface area contributed by atoms with Crippen LogP contribution < -0.4 is 4.74 Å². The number of carbonyl (C=O) groups excluding carboxylic acids is 1. The fourth-order valence-electron chi connectivity index (χ4n) is 2.31. The van der Waals surface area contributed by atoms with Crippen molar-refractivity contribution >= 4 is 16.8 Å². The van der Waals surface area contributed by atoms with Crippen LogP contribution in [0.4, 0.5) is 0 Å². The zero-order chi connectivity index (χ0) is 15.4. The Kier molecular flexibility index (Phi) is 4.10. The molecule has 0 fully saturated rings. The van der Waals surface area contributed by atoms with E-state index in [0.717, 1.165) is 16.7 Å². The summed E-state index contributed by atoms with van der Waals surface area (Å²) in [5.74, 6) is 0.779. The van der Waals surface area contributed by atoms with Gasteiger partial charge in [-0.05, 0) is 24.3 Å². The third kappa shape index (κ3) is 3.11. The molecule has 0 unspecified atom stereocenters. The highest BCUT2D eigenvalue weighted by atomic mass is 16.5. The van der Waals surface area contributed by atoms with E-state index in [1.54, 1.807) is 11.9 Å². The number of nitrogens with one attached hydrogen (secondary N) is 1. The van der Waals surface area contributed by atoms with Crippen LogP contribution in [0.2, 0.25) is 0 Å². The van der Waals surface area contributed by atoms with E-state index in [4.69, 9.17) is 4.74 Å². The quantitative estimate of drug-likeness (QED) is 0.784. The zero-order valence-electron chi connectivity index (χ0n) is 12.5. The molecule has 0 atom stereocenters. The predicted molar refractivity (Wildman–Crippen MR) is 87.2 cm³/mol. The highest BCUT2D eigenvalue weighted by Crippen LogP contribution is 2.15. The number of carbonyl (C=O) groups is 1. The van der Waals surface area contributed by atoms with Gasteiger partial charge in [0.2, 0.25) is 0 Å². The Morgan fingerprint density at radius 2 is 1.82 bits per heavy atom. The summed E-state index contributed by atoms with van der Waals surface area (Å²) in [4.78, 5) is 17.2. The van der Waals surface area contributed by atoms with Crippen LogP contribution >= 0.6 is 0 Å². The Labute approximate surface area is 129 Å². The molecule has 0 saturated carbocycles. The molecule has 4 nitrogen and oxygen atoms in total. The number of hydrogen-bond acceptors (Lipinski definition) is 2. The lowest BCUT2D eigenvalue weighted by atomic mass is 10.2. The lowest BCUT2D eigenvalue weighted by Gasteiger charge is -2.16. The summed E-state index contributed by atoms with van der Waals surface area (Å²) < 4.78 is 5.62. The van der Waals surface area contributed by atoms with Crippen LogP contribution in [-0.2, 0) is 0 Å². The van der Waals surface area contributed by atoms with Gasteiger partial charge in [0.15, 0.2) is 0 Å². The average Bonchev–Trinajstić information content (AvgIpc) is 2.99. The molecule has 0 aliphatic heterocycles. The summed E-state index contributed by atoms with van der Waals surface area (Å²) in [7, 11) is 1.78. The molecule has 0 bridgehead atoms. The first-order valence-electron chi connectivity index (χ1n) is 7.25. The summed E-state index contributed by atoms with van der Waals surface area (Å²) >= 11 is 0. The Balaban J connectivity index is 1.59. The maximum atomic E-state index is 12.4. The summed E-state index contributed by atoms with van der Waals surface area (Å²) in [5.41, 5.74) is 1.57. The molecule has 112 valence electrons. The van der Waals surface area contributed by atoms with Gasteiger partial charge in [0.05, 0.1) is 6.54 Å². The number of aromatic nitrogens is 1. The maximum Gasteiger partial charge on any atom is 0.270 e. The second kappa shape index (κ2) is 6.35. The first-order chi connectivity index (χ1) is 10.7. The number of amides is 1. The number of likely N-dealkylation sites (N-methyl/N-ethyl adjacent to an activating group) is 1. The van der Waals surface area contributed by atoms with Crippen molar-refractivity contribution in [3.05, 3.63) is 66.4 Å². The first kappa shape index (κ1) is 14.2. The molecule has 1 heterocycles. The van der Waals surface area contributed by atoms with Crippen LogP contribution in [-0.4, -0.2) is 36.0 Å². The average molecular weight is 294 g/mol. The van der Waals surface area contributed by atoms with E-state index in [9.17, 15) is 4.79 Å². The predicted octanol–water partition coefficient (Wildman–Crippen LogP) is 3.32. The second-order valence-corrected chi connectivity index (χ2v) is 5.16. The molecule has 3 rings (SSSR count). The van der Waals surface area contributed by atoms with Crippen molar-refractivity contribution in [3.63, 3.8) is 0 Å². The van der Waals surface area contributed by atoms with E-state index in [-0.39, 0.29) is 5.91 Å². The summed E-state index contributed by atoms with van der Waals surface area (Å²) in [6.07, 6.45) is 0. The number of benzene rings is 2. The molecule has 2 aromatic carbocycles. The van der Waals surface area contributed by atoms with Crippen LogP contribution in [0.5, 0.6) is 5.75 Å². The summed E-state index contributed by atoms with van der Waals surface area (Å²) in [5, 5.41) is 1.04. The van der Waals surface area contributed by atoms with Crippen LogP contribution in [0.1, 0.15) is 10.5 Å². The first-order valence-corrected chi connectivity index (χ1v) is 7.25. The number of rotatable bonds is 5. The van der Waals surface area contributed by atoms with Crippen LogP contribution in [0.15, 0.2) is 60.7 Å². The molecule has 0 aliphatic carbocycles. The van der Waals surface area contributed by atoms with Crippen molar-refractivity contribution in [2.45, 2.75) is 0 Å². The fourth-order valence-corrected chi connectivity index (χ4v) is 2.31. The van der Waals surface area contributed by atoms with Crippen LogP contribution in [0.25, 0.3) is 10.9 Å². The van der Waals surface area contributed by atoms with E-state index < -0.39 is 0 Å². The van der Waals surface area contributed by atoms with Crippen molar-refractivity contribution in [2.24, 2.45) is 0 Å². The van der Waals surface area contributed by atoms with E-state index in [1.165, 1.54) is 0 Å². The molecule has 0 radical (unpaired) electrons. The lowest BCUT2D eigenvalue weighted by molar-refractivity contribution is 0.0769. The monoisotopic (exact) mass is 294 g/mol. The molecule has 1 N–H and O–H groups in total. The summed E-state index contributed by atoms with van der Waals surface area (Å²) in [6.45, 7) is 0.996. The number of para-hydroxylation sites is 2. The number of ether oxygens (including phenoxy) is 1. The van der Waals surface area contributed by atoms with Crippen molar-refractivity contribution < 1.29 is 9.53 Å². The van der Waals surface area contributed by atoms with Gasteiger partial charge < -0.3 is 14.6 Å². The minimum Gasteiger partial charge on any atom is -0.492 e. The maximum absolute atomic E-state index is 12.4. The Morgan fingerprint density at radius 1 is 1.09 bits per heavy atom. The Hall–Kier alpha value is -2.75. The van der Waals surface area contributed by atoms with E-state index in [2.05, 4.69) is 4.98 Å². The van der Waals surface area contributed by atoms with Gasteiger partial charge in [-0.25, -0.2) is 0 Å². The summed E-state index contributed by atoms with van der Waals surface area (Å²) in [6, 6.07) is 19.3. The number of fused-ring (bicyclic) bond motifs is 1. The van der Waals surface area contributed by atoms with Crippen molar-refractivity contribution in [3.8, 4) is 5.75 Å². The third-order valence-corrected chi connectivity index (χ3v) is 3.55. The molecular weight excluding hydrogens is 276 g/mol.